The second kappa shape index (κ2) is 13.6. The average molecular weight is 670 g/mol. The van der Waals surface area contributed by atoms with Crippen LogP contribution in [0.3, 0.4) is 0 Å². The molecule has 1 amide bonds. The Kier molecular flexibility index (Phi) is 9.57. The molecule has 12 heteroatoms. The van der Waals surface area contributed by atoms with Crippen LogP contribution in [0.15, 0.2) is 41.3 Å². The van der Waals surface area contributed by atoms with Crippen LogP contribution < -0.4 is 15.2 Å². The minimum atomic E-state index is -0.493. The number of pyridine rings is 1. The molecule has 9 nitrogen and oxygen atoms in total. The third kappa shape index (κ3) is 6.47. The highest BCUT2D eigenvalue weighted by Gasteiger charge is 2.28. The summed E-state index contributed by atoms with van der Waals surface area (Å²) in [7, 11) is 2.00. The second-order valence-corrected chi connectivity index (χ2v) is 13.0. The number of imidazole rings is 1. The van der Waals surface area contributed by atoms with Gasteiger partial charge in [-0.15, -0.1) is 23.2 Å². The number of hydrogen-bond donors (Lipinski definition) is 0. The Morgan fingerprint density at radius 2 is 1.74 bits per heavy atom. The molecule has 0 spiro atoms. The lowest BCUT2D eigenvalue weighted by Crippen LogP contribution is -2.49. The van der Waals surface area contributed by atoms with Crippen LogP contribution in [-0.4, -0.2) is 81.7 Å². The molecule has 46 heavy (non-hydrogen) atoms. The number of alkyl halides is 2. The molecule has 0 bridgehead atoms. The average Bonchev–Trinajstić information content (AvgIpc) is 3.84. The maximum absolute atomic E-state index is 15.4. The Morgan fingerprint density at radius 3 is 2.39 bits per heavy atom. The first-order valence-electron chi connectivity index (χ1n) is 15.9. The summed E-state index contributed by atoms with van der Waals surface area (Å²) in [5.74, 6) is 1.23. The maximum atomic E-state index is 15.4. The number of rotatable bonds is 12. The molecule has 0 N–H and O–H groups in total. The SMILES string of the molecule is CC(=O)c1cn(C2CC2)c2cc(N3CCN(C(=O)CCCc4nc5cc(N(CCCl)CCCl)ccc5n4C)CC3)c(F)cc2c1=O. The summed E-state index contributed by atoms with van der Waals surface area (Å²) in [6, 6.07) is 9.41. The van der Waals surface area contributed by atoms with Crippen molar-refractivity contribution in [1.29, 1.82) is 0 Å². The molecule has 2 aromatic carbocycles. The third-order valence-corrected chi connectivity index (χ3v) is 9.55. The van der Waals surface area contributed by atoms with E-state index in [2.05, 4.69) is 27.7 Å². The molecular formula is C34H39Cl2FN6O3. The fourth-order valence-corrected chi connectivity index (χ4v) is 6.90. The van der Waals surface area contributed by atoms with Gasteiger partial charge in [-0.25, -0.2) is 9.37 Å². The van der Waals surface area contributed by atoms with Crippen LogP contribution in [0.25, 0.3) is 21.9 Å². The Morgan fingerprint density at radius 1 is 1.02 bits per heavy atom. The van der Waals surface area contributed by atoms with Crippen molar-refractivity contribution in [2.75, 3.05) is 60.8 Å². The van der Waals surface area contributed by atoms with Crippen molar-refractivity contribution in [3.8, 4) is 0 Å². The Balaban J connectivity index is 1.08. The number of aryl methyl sites for hydroxylation is 2. The number of hydrogen-bond acceptors (Lipinski definition) is 6. The first kappa shape index (κ1) is 32.3. The maximum Gasteiger partial charge on any atom is 0.222 e. The largest absolute Gasteiger partial charge is 0.369 e. The number of carbonyl (C=O) groups is 2. The van der Waals surface area contributed by atoms with Gasteiger partial charge in [-0.05, 0) is 56.5 Å². The lowest BCUT2D eigenvalue weighted by molar-refractivity contribution is -0.131. The summed E-state index contributed by atoms with van der Waals surface area (Å²) in [5.41, 5.74) is 3.70. The number of benzene rings is 2. The summed E-state index contributed by atoms with van der Waals surface area (Å²) in [6.45, 7) is 4.74. The molecule has 2 aromatic heterocycles. The van der Waals surface area contributed by atoms with Crippen LogP contribution in [-0.2, 0) is 18.3 Å². The summed E-state index contributed by atoms with van der Waals surface area (Å²) < 4.78 is 19.4. The normalized spacial score (nSPS) is 15.2. The second-order valence-electron chi connectivity index (χ2n) is 12.2. The zero-order chi connectivity index (χ0) is 32.5. The number of fused-ring (bicyclic) bond motifs is 2. The fourth-order valence-electron chi connectivity index (χ4n) is 6.49. The van der Waals surface area contributed by atoms with Gasteiger partial charge in [-0.3, -0.25) is 14.4 Å². The molecule has 0 atom stereocenters. The molecule has 0 radical (unpaired) electrons. The predicted octanol–water partition coefficient (Wildman–Crippen LogP) is 5.52. The van der Waals surface area contributed by atoms with Crippen molar-refractivity contribution >= 4 is 68.2 Å². The molecule has 2 fully saturated rings. The monoisotopic (exact) mass is 668 g/mol. The van der Waals surface area contributed by atoms with Crippen LogP contribution in [0.4, 0.5) is 15.8 Å². The van der Waals surface area contributed by atoms with Crippen molar-refractivity contribution in [2.45, 2.75) is 45.1 Å². The van der Waals surface area contributed by atoms with Crippen molar-refractivity contribution in [3.63, 3.8) is 0 Å². The number of aromatic nitrogens is 3. The van der Waals surface area contributed by atoms with Gasteiger partial charge in [-0.2, -0.15) is 0 Å². The number of anilines is 2. The van der Waals surface area contributed by atoms with E-state index in [-0.39, 0.29) is 28.7 Å². The standard InChI is InChI=1S/C34H39Cl2FN6O3/c1-22(44)26-21-43(23-6-7-23)30-20-31(27(37)19-25(30)34(26)46)41-14-16-42(17-15-41)33(45)5-3-4-32-38-28-18-24(8-9-29(28)39(32)2)40(12-10-35)13-11-36/h8-9,18-21,23H,3-7,10-17H2,1-2H3. The molecule has 3 heterocycles. The minimum Gasteiger partial charge on any atom is -0.369 e. The third-order valence-electron chi connectivity index (χ3n) is 9.22. The summed E-state index contributed by atoms with van der Waals surface area (Å²) in [4.78, 5) is 49.0. The van der Waals surface area contributed by atoms with Crippen molar-refractivity contribution in [3.05, 3.63) is 64.0 Å². The van der Waals surface area contributed by atoms with Gasteiger partial charge in [0.05, 0.1) is 27.8 Å². The molecule has 6 rings (SSSR count). The van der Waals surface area contributed by atoms with Crippen LogP contribution in [0.5, 0.6) is 0 Å². The smallest absolute Gasteiger partial charge is 0.222 e. The molecule has 0 unspecified atom stereocenters. The highest BCUT2D eigenvalue weighted by atomic mass is 35.5. The molecular weight excluding hydrogens is 630 g/mol. The molecule has 1 aliphatic carbocycles. The number of amides is 1. The first-order valence-corrected chi connectivity index (χ1v) is 17.0. The highest BCUT2D eigenvalue weighted by molar-refractivity contribution is 6.18. The first-order chi connectivity index (χ1) is 22.2. The van der Waals surface area contributed by atoms with E-state index in [1.165, 1.54) is 13.0 Å². The topological polar surface area (TPSA) is 83.7 Å². The summed E-state index contributed by atoms with van der Waals surface area (Å²) in [5, 5.41) is 0.232. The van der Waals surface area contributed by atoms with E-state index in [1.807, 2.05) is 21.4 Å². The lowest BCUT2D eigenvalue weighted by atomic mass is 10.1. The predicted molar refractivity (Wildman–Crippen MR) is 183 cm³/mol. The van der Waals surface area contributed by atoms with Crippen molar-refractivity contribution < 1.29 is 14.0 Å². The summed E-state index contributed by atoms with van der Waals surface area (Å²) >= 11 is 12.0. The lowest BCUT2D eigenvalue weighted by Gasteiger charge is -2.36. The van der Waals surface area contributed by atoms with E-state index in [0.717, 1.165) is 35.4 Å². The minimum absolute atomic E-state index is 0.0804. The van der Waals surface area contributed by atoms with Crippen LogP contribution in [0, 0.1) is 5.82 Å². The molecule has 4 aromatic rings. The molecule has 1 saturated carbocycles. The number of ketones is 1. The van der Waals surface area contributed by atoms with E-state index >= 15 is 4.39 Å². The van der Waals surface area contributed by atoms with E-state index in [0.29, 0.717) is 81.5 Å². The molecule has 244 valence electrons. The number of piperazine rings is 1. The zero-order valence-corrected chi connectivity index (χ0v) is 27.8. The van der Waals surface area contributed by atoms with Crippen LogP contribution in [0.1, 0.15) is 54.8 Å². The van der Waals surface area contributed by atoms with Gasteiger partial charge in [0.2, 0.25) is 5.91 Å². The van der Waals surface area contributed by atoms with E-state index in [4.69, 9.17) is 28.2 Å². The Labute approximate surface area is 277 Å². The van der Waals surface area contributed by atoms with E-state index < -0.39 is 11.2 Å². The van der Waals surface area contributed by atoms with Crippen molar-refractivity contribution in [1.82, 2.24) is 19.0 Å². The highest BCUT2D eigenvalue weighted by Crippen LogP contribution is 2.38. The van der Waals surface area contributed by atoms with Gasteiger partial charge in [0.25, 0.3) is 0 Å². The number of Topliss-reactive ketones (excluding diaryl/α,β-unsaturated/α-hetero) is 1. The van der Waals surface area contributed by atoms with E-state index in [1.54, 1.807) is 12.3 Å². The van der Waals surface area contributed by atoms with Gasteiger partial charge in [-0.1, -0.05) is 0 Å². The van der Waals surface area contributed by atoms with Crippen molar-refractivity contribution in [2.24, 2.45) is 7.05 Å². The van der Waals surface area contributed by atoms with Gasteiger partial charge >= 0.3 is 0 Å². The molecule has 1 aliphatic heterocycles. The zero-order valence-electron chi connectivity index (χ0n) is 26.3. The Hall–Kier alpha value is -3.63. The number of carbonyl (C=O) groups excluding carboxylic acids is 2. The molecule has 2 aliphatic rings. The van der Waals surface area contributed by atoms with E-state index in [9.17, 15) is 14.4 Å². The van der Waals surface area contributed by atoms with Crippen LogP contribution in [0.2, 0.25) is 0 Å². The summed E-state index contributed by atoms with van der Waals surface area (Å²) in [6.07, 6.45) is 5.31. The number of halogens is 3. The fraction of sp³-hybridized carbons (Fsp3) is 0.471. The van der Waals surface area contributed by atoms with Gasteiger partial charge in [0.1, 0.15) is 11.6 Å². The van der Waals surface area contributed by atoms with Gasteiger partial charge in [0, 0.05) is 94.2 Å². The quantitative estimate of drug-likeness (QED) is 0.146. The number of nitrogens with zero attached hydrogens (tertiary/aromatic N) is 6. The molecule has 1 saturated heterocycles. The Bertz CT molecular complexity index is 1840. The van der Waals surface area contributed by atoms with Gasteiger partial charge in [0.15, 0.2) is 11.2 Å². The van der Waals surface area contributed by atoms with Crippen LogP contribution >= 0.6 is 23.2 Å². The van der Waals surface area contributed by atoms with Gasteiger partial charge < -0.3 is 23.8 Å².